The lowest BCUT2D eigenvalue weighted by Gasteiger charge is -2.04. The maximum atomic E-state index is 11.8. The quantitative estimate of drug-likeness (QED) is 0.861. The molecule has 2 aromatic heterocycles. The maximum absolute atomic E-state index is 11.8. The van der Waals surface area contributed by atoms with Crippen LogP contribution in [0.3, 0.4) is 0 Å². The summed E-state index contributed by atoms with van der Waals surface area (Å²) in [7, 11) is 0. The number of aryl methyl sites for hydroxylation is 1. The lowest BCUT2D eigenvalue weighted by molar-refractivity contribution is 0.0521. The van der Waals surface area contributed by atoms with Crippen molar-refractivity contribution < 1.29 is 9.53 Å². The van der Waals surface area contributed by atoms with Gasteiger partial charge in [-0.1, -0.05) is 18.3 Å². The second kappa shape index (κ2) is 5.70. The molecule has 0 radical (unpaired) electrons. The Hall–Kier alpha value is -1.41. The third-order valence-corrected chi connectivity index (χ3v) is 3.89. The SMILES string of the molecule is CCOC(=O)c1nc(CC)n(-c2ncc(Br)s2)c1N. The highest BCUT2D eigenvalue weighted by molar-refractivity contribution is 9.11. The number of nitrogens with two attached hydrogens (primary N) is 1. The highest BCUT2D eigenvalue weighted by atomic mass is 79.9. The summed E-state index contributed by atoms with van der Waals surface area (Å²) in [5.41, 5.74) is 6.15. The molecule has 8 heteroatoms. The first kappa shape index (κ1) is 14.0. The number of rotatable bonds is 4. The molecule has 102 valence electrons. The van der Waals surface area contributed by atoms with Gasteiger partial charge >= 0.3 is 5.97 Å². The molecule has 6 nitrogen and oxygen atoms in total. The van der Waals surface area contributed by atoms with Crippen molar-refractivity contribution in [2.24, 2.45) is 0 Å². The molecule has 2 rings (SSSR count). The van der Waals surface area contributed by atoms with Crippen LogP contribution in [0.4, 0.5) is 5.82 Å². The number of anilines is 1. The number of carbonyl (C=O) groups is 1. The highest BCUT2D eigenvalue weighted by Gasteiger charge is 2.22. The standard InChI is InChI=1S/C11H13BrN4O2S/c1-3-7-15-8(10(17)18-4-2)9(13)16(7)11-14-5-6(12)19-11/h5H,3-4,13H2,1-2H3. The zero-order valence-electron chi connectivity index (χ0n) is 10.5. The molecule has 0 aliphatic heterocycles. The average molecular weight is 345 g/mol. The van der Waals surface area contributed by atoms with Gasteiger partial charge in [-0.2, -0.15) is 0 Å². The summed E-state index contributed by atoms with van der Waals surface area (Å²) in [6, 6.07) is 0. The Morgan fingerprint density at radius 2 is 2.32 bits per heavy atom. The molecule has 0 amide bonds. The number of nitrogen functional groups attached to an aromatic ring is 1. The molecular formula is C11H13BrN4O2S. The molecule has 0 spiro atoms. The minimum absolute atomic E-state index is 0.144. The predicted octanol–water partition coefficient (Wildman–Crippen LogP) is 2.41. The second-order valence-corrected chi connectivity index (χ2v) is 6.01. The zero-order chi connectivity index (χ0) is 14.0. The van der Waals surface area contributed by atoms with Gasteiger partial charge in [-0.15, -0.1) is 0 Å². The molecule has 2 aromatic rings. The Morgan fingerprint density at radius 1 is 1.58 bits per heavy atom. The van der Waals surface area contributed by atoms with Crippen molar-refractivity contribution in [1.82, 2.24) is 14.5 Å². The predicted molar refractivity (Wildman–Crippen MR) is 76.7 cm³/mol. The van der Waals surface area contributed by atoms with E-state index in [4.69, 9.17) is 10.5 Å². The lowest BCUT2D eigenvalue weighted by atomic mass is 10.4. The molecule has 0 atom stereocenters. The number of nitrogens with zero attached hydrogens (tertiary/aromatic N) is 3. The van der Waals surface area contributed by atoms with E-state index in [0.29, 0.717) is 17.4 Å². The van der Waals surface area contributed by atoms with E-state index in [1.54, 1.807) is 17.7 Å². The van der Waals surface area contributed by atoms with Crippen LogP contribution in [0.2, 0.25) is 0 Å². The smallest absolute Gasteiger partial charge is 0.360 e. The van der Waals surface area contributed by atoms with Crippen molar-refractivity contribution in [3.63, 3.8) is 0 Å². The van der Waals surface area contributed by atoms with Gasteiger partial charge in [-0.3, -0.25) is 4.57 Å². The van der Waals surface area contributed by atoms with E-state index in [-0.39, 0.29) is 18.1 Å². The first-order valence-corrected chi connectivity index (χ1v) is 7.35. The van der Waals surface area contributed by atoms with Crippen LogP contribution in [0.1, 0.15) is 30.2 Å². The molecular weight excluding hydrogens is 332 g/mol. The van der Waals surface area contributed by atoms with Gasteiger partial charge in [0, 0.05) is 6.42 Å². The fourth-order valence-electron chi connectivity index (χ4n) is 1.63. The van der Waals surface area contributed by atoms with Crippen LogP contribution < -0.4 is 5.73 Å². The van der Waals surface area contributed by atoms with E-state index < -0.39 is 5.97 Å². The van der Waals surface area contributed by atoms with Crippen LogP contribution in [-0.4, -0.2) is 27.1 Å². The summed E-state index contributed by atoms with van der Waals surface area (Å²) in [6.07, 6.45) is 2.32. The van der Waals surface area contributed by atoms with Gasteiger partial charge in [0.2, 0.25) is 0 Å². The number of imidazole rings is 1. The number of carbonyl (C=O) groups excluding carboxylic acids is 1. The second-order valence-electron chi connectivity index (χ2n) is 3.62. The van der Waals surface area contributed by atoms with Crippen molar-refractivity contribution in [2.75, 3.05) is 12.3 Å². The molecule has 0 saturated heterocycles. The monoisotopic (exact) mass is 344 g/mol. The number of aromatic nitrogens is 3. The normalized spacial score (nSPS) is 10.7. The Balaban J connectivity index is 2.51. The molecule has 19 heavy (non-hydrogen) atoms. The van der Waals surface area contributed by atoms with Crippen molar-refractivity contribution >= 4 is 39.1 Å². The number of esters is 1. The molecule has 0 aliphatic carbocycles. The van der Waals surface area contributed by atoms with Crippen molar-refractivity contribution in [2.45, 2.75) is 20.3 Å². The van der Waals surface area contributed by atoms with Gasteiger partial charge in [0.05, 0.1) is 16.6 Å². The number of ether oxygens (including phenoxy) is 1. The molecule has 0 bridgehead atoms. The molecule has 0 aromatic carbocycles. The van der Waals surface area contributed by atoms with E-state index in [2.05, 4.69) is 25.9 Å². The number of thiazole rings is 1. The number of halogens is 1. The first-order valence-electron chi connectivity index (χ1n) is 5.74. The fourth-order valence-corrected chi connectivity index (χ4v) is 2.85. The summed E-state index contributed by atoms with van der Waals surface area (Å²) >= 11 is 4.77. The highest BCUT2D eigenvalue weighted by Crippen LogP contribution is 2.28. The summed E-state index contributed by atoms with van der Waals surface area (Å²) in [5, 5.41) is 0.671. The van der Waals surface area contributed by atoms with Crippen LogP contribution in [0.25, 0.3) is 5.13 Å². The van der Waals surface area contributed by atoms with Crippen LogP contribution >= 0.6 is 27.3 Å². The minimum Gasteiger partial charge on any atom is -0.461 e. The van der Waals surface area contributed by atoms with E-state index in [1.165, 1.54) is 11.3 Å². The van der Waals surface area contributed by atoms with Crippen LogP contribution in [0.5, 0.6) is 0 Å². The Kier molecular flexibility index (Phi) is 4.20. The van der Waals surface area contributed by atoms with E-state index in [1.807, 2.05) is 6.92 Å². The van der Waals surface area contributed by atoms with Gasteiger partial charge in [-0.25, -0.2) is 14.8 Å². The third kappa shape index (κ3) is 2.64. The van der Waals surface area contributed by atoms with Crippen LogP contribution in [-0.2, 0) is 11.2 Å². The summed E-state index contributed by atoms with van der Waals surface area (Å²) in [6.45, 7) is 3.97. The molecule has 0 fully saturated rings. The largest absolute Gasteiger partial charge is 0.461 e. The molecule has 2 N–H and O–H groups in total. The van der Waals surface area contributed by atoms with E-state index in [9.17, 15) is 4.79 Å². The van der Waals surface area contributed by atoms with Gasteiger partial charge < -0.3 is 10.5 Å². The Bertz CT molecular complexity index is 608. The Morgan fingerprint density at radius 3 is 2.84 bits per heavy atom. The minimum atomic E-state index is -0.510. The van der Waals surface area contributed by atoms with Crippen molar-refractivity contribution in [1.29, 1.82) is 0 Å². The van der Waals surface area contributed by atoms with Crippen LogP contribution in [0.15, 0.2) is 9.98 Å². The number of hydrogen-bond acceptors (Lipinski definition) is 6. The van der Waals surface area contributed by atoms with Gasteiger partial charge in [0.15, 0.2) is 10.8 Å². The van der Waals surface area contributed by atoms with Gasteiger partial charge in [0.25, 0.3) is 0 Å². The fraction of sp³-hybridized carbons (Fsp3) is 0.364. The van der Waals surface area contributed by atoms with Gasteiger partial charge in [-0.05, 0) is 22.9 Å². The average Bonchev–Trinajstić information content (AvgIpc) is 2.93. The molecule has 0 aliphatic rings. The molecule has 2 heterocycles. The first-order chi connectivity index (χ1) is 9.08. The van der Waals surface area contributed by atoms with E-state index >= 15 is 0 Å². The topological polar surface area (TPSA) is 83.0 Å². The maximum Gasteiger partial charge on any atom is 0.360 e. The molecule has 0 unspecified atom stereocenters. The summed E-state index contributed by atoms with van der Waals surface area (Å²) in [4.78, 5) is 20.3. The van der Waals surface area contributed by atoms with E-state index in [0.717, 1.165) is 3.79 Å². The lowest BCUT2D eigenvalue weighted by Crippen LogP contribution is -2.09. The summed E-state index contributed by atoms with van der Waals surface area (Å²) < 4.78 is 7.51. The molecule has 0 saturated carbocycles. The van der Waals surface area contributed by atoms with Crippen LogP contribution in [0, 0.1) is 0 Å². The van der Waals surface area contributed by atoms with Gasteiger partial charge in [0.1, 0.15) is 11.6 Å². The zero-order valence-corrected chi connectivity index (χ0v) is 12.9. The summed E-state index contributed by atoms with van der Waals surface area (Å²) in [5.74, 6) is 0.434. The van der Waals surface area contributed by atoms with Crippen molar-refractivity contribution in [3.8, 4) is 5.13 Å². The third-order valence-electron chi connectivity index (χ3n) is 2.42. The Labute approximate surface area is 122 Å². The number of hydrogen-bond donors (Lipinski definition) is 1. The van der Waals surface area contributed by atoms with Crippen molar-refractivity contribution in [3.05, 3.63) is 21.5 Å².